The summed E-state index contributed by atoms with van der Waals surface area (Å²) in [7, 11) is 0. The maximum Gasteiger partial charge on any atom is 0.258 e. The van der Waals surface area contributed by atoms with Gasteiger partial charge >= 0.3 is 0 Å². The third kappa shape index (κ3) is 1.91. The van der Waals surface area contributed by atoms with Gasteiger partial charge in [-0.2, -0.15) is 0 Å². The number of rotatable bonds is 1. The second kappa shape index (κ2) is 4.46. The Kier molecular flexibility index (Phi) is 2.96. The number of nitrogens with zero attached hydrogens (tertiary/aromatic N) is 1. The van der Waals surface area contributed by atoms with E-state index >= 15 is 0 Å². The van der Waals surface area contributed by atoms with Crippen molar-refractivity contribution in [3.05, 3.63) is 22.6 Å². The summed E-state index contributed by atoms with van der Waals surface area (Å²) in [5.41, 5.74) is 0.637. The van der Waals surface area contributed by atoms with Crippen molar-refractivity contribution >= 4 is 21.8 Å². The number of nitrogens with one attached hydrogen (secondary N) is 1. The highest BCUT2D eigenvalue weighted by Crippen LogP contribution is 2.29. The van der Waals surface area contributed by atoms with Crippen molar-refractivity contribution < 1.29 is 9.21 Å². The largest absolute Gasteiger partial charge is 0.457 e. The summed E-state index contributed by atoms with van der Waals surface area (Å²) in [5.74, 6) is 0.711. The van der Waals surface area contributed by atoms with Gasteiger partial charge in [-0.1, -0.05) is 0 Å². The molecule has 3 rings (SSSR count). The third-order valence-electron chi connectivity index (χ3n) is 3.79. The summed E-state index contributed by atoms with van der Waals surface area (Å²) >= 11 is 3.28. The van der Waals surface area contributed by atoms with E-state index in [4.69, 9.17) is 4.42 Å². The van der Waals surface area contributed by atoms with Crippen LogP contribution in [0.3, 0.4) is 0 Å². The molecule has 92 valence electrons. The van der Waals surface area contributed by atoms with Gasteiger partial charge in [0.25, 0.3) is 5.91 Å². The van der Waals surface area contributed by atoms with Crippen molar-refractivity contribution in [2.75, 3.05) is 19.6 Å². The average molecular weight is 299 g/mol. The highest BCUT2D eigenvalue weighted by Gasteiger charge is 2.38. The van der Waals surface area contributed by atoms with Gasteiger partial charge in [-0.25, -0.2) is 0 Å². The molecule has 2 aliphatic rings. The fourth-order valence-corrected chi connectivity index (χ4v) is 3.33. The first-order valence-electron chi connectivity index (χ1n) is 6.02. The van der Waals surface area contributed by atoms with Crippen molar-refractivity contribution in [1.29, 1.82) is 0 Å². The second-order valence-corrected chi connectivity index (χ2v) is 5.45. The Hall–Kier alpha value is -0.810. The number of amides is 1. The molecule has 0 saturated carbocycles. The van der Waals surface area contributed by atoms with Crippen molar-refractivity contribution in [3.63, 3.8) is 0 Å². The molecule has 17 heavy (non-hydrogen) atoms. The van der Waals surface area contributed by atoms with Gasteiger partial charge < -0.3 is 14.6 Å². The Bertz CT molecular complexity index is 432. The first-order valence-corrected chi connectivity index (χ1v) is 6.81. The van der Waals surface area contributed by atoms with Crippen LogP contribution in [0, 0.1) is 5.92 Å². The summed E-state index contributed by atoms with van der Waals surface area (Å²) in [5, 5.41) is 3.38. The summed E-state index contributed by atoms with van der Waals surface area (Å²) < 4.78 is 5.68. The topological polar surface area (TPSA) is 45.5 Å². The van der Waals surface area contributed by atoms with Gasteiger partial charge in [0, 0.05) is 25.7 Å². The monoisotopic (exact) mass is 298 g/mol. The molecule has 1 aromatic rings. The van der Waals surface area contributed by atoms with E-state index in [9.17, 15) is 4.79 Å². The van der Waals surface area contributed by atoms with Gasteiger partial charge in [0.05, 0.1) is 11.8 Å². The van der Waals surface area contributed by atoms with Gasteiger partial charge in [0.2, 0.25) is 0 Å². The number of piperidine rings is 1. The number of halogens is 1. The van der Waals surface area contributed by atoms with Crippen LogP contribution >= 0.6 is 15.9 Å². The number of likely N-dealkylation sites (tertiary alicyclic amines) is 1. The van der Waals surface area contributed by atoms with Gasteiger partial charge in [-0.05, 0) is 40.8 Å². The molecule has 0 bridgehead atoms. The van der Waals surface area contributed by atoms with Crippen LogP contribution in [-0.2, 0) is 0 Å². The van der Waals surface area contributed by atoms with Crippen LogP contribution in [0.25, 0.3) is 0 Å². The van der Waals surface area contributed by atoms with Crippen LogP contribution in [0.1, 0.15) is 23.2 Å². The second-order valence-electron chi connectivity index (χ2n) is 4.73. The minimum atomic E-state index is 0.0871. The fraction of sp³-hybridized carbons (Fsp3) is 0.583. The lowest BCUT2D eigenvalue weighted by molar-refractivity contribution is 0.0573. The number of carbonyl (C=O) groups excluding carboxylic acids is 1. The number of furan rings is 1. The first-order chi connectivity index (χ1) is 8.27. The van der Waals surface area contributed by atoms with Gasteiger partial charge in [0.1, 0.15) is 0 Å². The minimum absolute atomic E-state index is 0.0871. The Morgan fingerprint density at radius 2 is 2.41 bits per heavy atom. The summed E-state index contributed by atoms with van der Waals surface area (Å²) in [4.78, 5) is 14.4. The molecule has 2 aliphatic heterocycles. The fourth-order valence-electron chi connectivity index (χ4n) is 2.92. The van der Waals surface area contributed by atoms with E-state index in [1.807, 2.05) is 4.90 Å². The molecule has 1 aromatic heterocycles. The lowest BCUT2D eigenvalue weighted by Crippen LogP contribution is -2.48. The smallest absolute Gasteiger partial charge is 0.258 e. The number of carbonyl (C=O) groups is 1. The highest BCUT2D eigenvalue weighted by molar-refractivity contribution is 9.10. The standard InChI is InChI=1S/C12H15BrN2O2/c13-11-9(3-5-17-11)12(16)15-4-1-2-8-6-14-7-10(8)15/h3,5,8,10,14H,1-2,4,6-7H2. The molecule has 2 unspecified atom stereocenters. The van der Waals surface area contributed by atoms with Crippen LogP contribution in [0.15, 0.2) is 21.4 Å². The molecule has 2 saturated heterocycles. The maximum atomic E-state index is 12.4. The van der Waals surface area contributed by atoms with Crippen LogP contribution < -0.4 is 5.32 Å². The van der Waals surface area contributed by atoms with Crippen molar-refractivity contribution in [1.82, 2.24) is 10.2 Å². The minimum Gasteiger partial charge on any atom is -0.457 e. The SMILES string of the molecule is O=C(c1ccoc1Br)N1CCCC2CNCC21. The zero-order chi connectivity index (χ0) is 11.8. The quantitative estimate of drug-likeness (QED) is 0.861. The van der Waals surface area contributed by atoms with Crippen molar-refractivity contribution in [2.45, 2.75) is 18.9 Å². The van der Waals surface area contributed by atoms with Crippen LogP contribution in [0.2, 0.25) is 0 Å². The van der Waals surface area contributed by atoms with E-state index < -0.39 is 0 Å². The molecule has 5 heteroatoms. The van der Waals surface area contributed by atoms with Crippen LogP contribution in [0.5, 0.6) is 0 Å². The van der Waals surface area contributed by atoms with E-state index in [1.165, 1.54) is 6.42 Å². The van der Waals surface area contributed by atoms with E-state index in [0.29, 0.717) is 22.2 Å². The molecule has 0 radical (unpaired) electrons. The number of fused-ring (bicyclic) bond motifs is 1. The molecule has 2 fully saturated rings. The Balaban J connectivity index is 1.83. The first kappa shape index (κ1) is 11.3. The van der Waals surface area contributed by atoms with Crippen molar-refractivity contribution in [2.24, 2.45) is 5.92 Å². The predicted molar refractivity (Wildman–Crippen MR) is 66.8 cm³/mol. The molecule has 0 aliphatic carbocycles. The zero-order valence-corrected chi connectivity index (χ0v) is 11.1. The van der Waals surface area contributed by atoms with Crippen LogP contribution in [0.4, 0.5) is 0 Å². The van der Waals surface area contributed by atoms with Gasteiger partial charge in [-0.15, -0.1) is 0 Å². The molecular weight excluding hydrogens is 284 g/mol. The molecule has 0 spiro atoms. The van der Waals surface area contributed by atoms with Gasteiger partial charge in [-0.3, -0.25) is 4.79 Å². The normalized spacial score (nSPS) is 28.2. The van der Waals surface area contributed by atoms with E-state index in [-0.39, 0.29) is 5.91 Å². The van der Waals surface area contributed by atoms with E-state index in [0.717, 1.165) is 26.1 Å². The Labute approximate surface area is 108 Å². The molecule has 4 nitrogen and oxygen atoms in total. The van der Waals surface area contributed by atoms with Crippen molar-refractivity contribution in [3.8, 4) is 0 Å². The molecule has 1 amide bonds. The highest BCUT2D eigenvalue weighted by atomic mass is 79.9. The zero-order valence-electron chi connectivity index (χ0n) is 9.49. The predicted octanol–water partition coefficient (Wildman–Crippen LogP) is 1.87. The number of hydrogen-bond acceptors (Lipinski definition) is 3. The molecule has 1 N–H and O–H groups in total. The lowest BCUT2D eigenvalue weighted by Gasteiger charge is -2.36. The third-order valence-corrected chi connectivity index (χ3v) is 4.40. The van der Waals surface area contributed by atoms with E-state index in [2.05, 4.69) is 21.2 Å². The number of hydrogen-bond donors (Lipinski definition) is 1. The maximum absolute atomic E-state index is 12.4. The molecule has 0 aromatic carbocycles. The molecular formula is C12H15BrN2O2. The summed E-state index contributed by atoms with van der Waals surface area (Å²) in [6, 6.07) is 2.09. The Morgan fingerprint density at radius 3 is 3.18 bits per heavy atom. The molecule has 3 heterocycles. The summed E-state index contributed by atoms with van der Waals surface area (Å²) in [6.45, 7) is 2.83. The lowest BCUT2D eigenvalue weighted by atomic mass is 9.91. The van der Waals surface area contributed by atoms with Crippen LogP contribution in [-0.4, -0.2) is 36.5 Å². The van der Waals surface area contributed by atoms with Gasteiger partial charge in [0.15, 0.2) is 4.67 Å². The Morgan fingerprint density at radius 1 is 1.53 bits per heavy atom. The molecule has 2 atom stereocenters. The van der Waals surface area contributed by atoms with E-state index in [1.54, 1.807) is 12.3 Å². The summed E-state index contributed by atoms with van der Waals surface area (Å²) in [6.07, 6.45) is 3.88. The average Bonchev–Trinajstić information content (AvgIpc) is 2.95.